The summed E-state index contributed by atoms with van der Waals surface area (Å²) in [5.74, 6) is 0.753. The van der Waals surface area contributed by atoms with E-state index in [1.54, 1.807) is 6.07 Å². The summed E-state index contributed by atoms with van der Waals surface area (Å²) in [4.78, 5) is 0. The van der Waals surface area contributed by atoms with E-state index in [2.05, 4.69) is 62.4 Å². The van der Waals surface area contributed by atoms with Gasteiger partial charge in [0.05, 0.1) is 0 Å². The molecule has 0 saturated heterocycles. The number of rotatable bonds is 2. The quantitative estimate of drug-likeness (QED) is 0.499. The number of benzene rings is 3. The minimum atomic E-state index is 0.331. The van der Waals surface area contributed by atoms with Crippen molar-refractivity contribution in [2.75, 3.05) is 0 Å². The summed E-state index contributed by atoms with van der Waals surface area (Å²) in [5.41, 5.74) is 9.13. The molecule has 0 fully saturated rings. The molecule has 114 valence electrons. The van der Waals surface area contributed by atoms with Gasteiger partial charge in [0.15, 0.2) is 0 Å². The molecule has 0 aliphatic heterocycles. The molecule has 23 heavy (non-hydrogen) atoms. The molecule has 0 spiro atoms. The first-order valence-corrected chi connectivity index (χ1v) is 8.18. The van der Waals surface area contributed by atoms with Crippen LogP contribution < -0.4 is 0 Å². The predicted octanol–water partition coefficient (Wildman–Crippen LogP) is 5.75. The van der Waals surface area contributed by atoms with Gasteiger partial charge in [0, 0.05) is 0 Å². The molecule has 0 heterocycles. The minimum absolute atomic E-state index is 0.331. The Morgan fingerprint density at radius 1 is 0.783 bits per heavy atom. The van der Waals surface area contributed by atoms with E-state index in [0.29, 0.717) is 11.7 Å². The maximum atomic E-state index is 10.0. The first kappa shape index (κ1) is 14.1. The lowest BCUT2D eigenvalue weighted by Crippen LogP contribution is -1.95. The van der Waals surface area contributed by atoms with Crippen LogP contribution in [0.5, 0.6) is 5.75 Å². The van der Waals surface area contributed by atoms with Crippen molar-refractivity contribution < 1.29 is 5.11 Å². The zero-order chi connectivity index (χ0) is 16.0. The molecule has 0 unspecified atom stereocenters. The van der Waals surface area contributed by atoms with Crippen LogP contribution in [0.4, 0.5) is 0 Å². The molecule has 0 saturated carbocycles. The van der Waals surface area contributed by atoms with Crippen molar-refractivity contribution >= 4 is 0 Å². The van der Waals surface area contributed by atoms with E-state index >= 15 is 0 Å². The Morgan fingerprint density at radius 2 is 1.48 bits per heavy atom. The highest BCUT2D eigenvalue weighted by atomic mass is 16.3. The summed E-state index contributed by atoms with van der Waals surface area (Å²) in [6.07, 6.45) is 0.967. The molecule has 0 bridgehead atoms. The maximum absolute atomic E-state index is 10.0. The van der Waals surface area contributed by atoms with Gasteiger partial charge in [0.1, 0.15) is 5.75 Å². The monoisotopic (exact) mass is 300 g/mol. The Labute approximate surface area is 137 Å². The third kappa shape index (κ3) is 2.24. The summed E-state index contributed by atoms with van der Waals surface area (Å²) in [5, 5.41) is 10.0. The molecule has 3 aromatic rings. The van der Waals surface area contributed by atoms with Crippen LogP contribution in [-0.4, -0.2) is 5.11 Å². The molecular weight excluding hydrogens is 280 g/mol. The van der Waals surface area contributed by atoms with Gasteiger partial charge >= 0.3 is 0 Å². The lowest BCUT2D eigenvalue weighted by Gasteiger charge is -2.16. The molecule has 4 rings (SSSR count). The summed E-state index contributed by atoms with van der Waals surface area (Å²) in [7, 11) is 0. The van der Waals surface area contributed by atoms with Crippen LogP contribution in [0.1, 0.15) is 36.5 Å². The average molecular weight is 300 g/mol. The molecule has 1 N–H and O–H groups in total. The Morgan fingerprint density at radius 3 is 2.26 bits per heavy atom. The fourth-order valence-electron chi connectivity index (χ4n) is 3.69. The first-order chi connectivity index (χ1) is 11.1. The van der Waals surface area contributed by atoms with Gasteiger partial charge in [-0.2, -0.15) is 0 Å². The number of fused-ring (bicyclic) bond motifs is 3. The van der Waals surface area contributed by atoms with Gasteiger partial charge in [-0.05, 0) is 63.4 Å². The third-order valence-corrected chi connectivity index (χ3v) is 4.80. The van der Waals surface area contributed by atoms with Gasteiger partial charge in [-0.3, -0.25) is 0 Å². The van der Waals surface area contributed by atoms with Crippen molar-refractivity contribution in [1.82, 2.24) is 0 Å². The third-order valence-electron chi connectivity index (χ3n) is 4.80. The first-order valence-electron chi connectivity index (χ1n) is 8.18. The number of hydrogen-bond donors (Lipinski definition) is 1. The summed E-state index contributed by atoms with van der Waals surface area (Å²) < 4.78 is 0. The highest BCUT2D eigenvalue weighted by Gasteiger charge is 2.22. The van der Waals surface area contributed by atoms with E-state index in [9.17, 15) is 5.11 Å². The van der Waals surface area contributed by atoms with Gasteiger partial charge in [0.2, 0.25) is 0 Å². The molecule has 1 aliphatic rings. The van der Waals surface area contributed by atoms with Crippen molar-refractivity contribution in [3.63, 3.8) is 0 Å². The standard InChI is InChI=1S/C22H20O/c1-14(2)17-11-10-16(23)13-22(17)20-9-5-8-19-18-7-4-3-6-15(18)12-21(19)20/h3-11,13-14,23H,12H2,1-2H3. The molecule has 0 atom stereocenters. The highest BCUT2D eigenvalue weighted by molar-refractivity contribution is 5.86. The van der Waals surface area contributed by atoms with Crippen molar-refractivity contribution in [3.8, 4) is 28.0 Å². The van der Waals surface area contributed by atoms with E-state index in [1.807, 2.05) is 6.07 Å². The lowest BCUT2D eigenvalue weighted by atomic mass is 9.88. The Balaban J connectivity index is 1.96. The minimum Gasteiger partial charge on any atom is -0.508 e. The predicted molar refractivity (Wildman–Crippen MR) is 95.9 cm³/mol. The number of phenolic OH excluding ortho intramolecular Hbond substituents is 1. The lowest BCUT2D eigenvalue weighted by molar-refractivity contribution is 0.475. The van der Waals surface area contributed by atoms with Gasteiger partial charge in [-0.15, -0.1) is 0 Å². The van der Waals surface area contributed by atoms with Crippen LogP contribution in [-0.2, 0) is 6.42 Å². The molecule has 1 nitrogen and oxygen atoms in total. The van der Waals surface area contributed by atoms with Crippen molar-refractivity contribution in [1.29, 1.82) is 0 Å². The van der Waals surface area contributed by atoms with Crippen molar-refractivity contribution in [2.45, 2.75) is 26.2 Å². The molecule has 0 amide bonds. The topological polar surface area (TPSA) is 20.2 Å². The molecule has 1 heteroatoms. The van der Waals surface area contributed by atoms with Crippen LogP contribution >= 0.6 is 0 Å². The number of aromatic hydroxyl groups is 1. The van der Waals surface area contributed by atoms with Crippen LogP contribution in [0.3, 0.4) is 0 Å². The summed E-state index contributed by atoms with van der Waals surface area (Å²) in [6, 6.07) is 20.9. The second kappa shape index (κ2) is 5.27. The van der Waals surface area contributed by atoms with Crippen LogP contribution in [0.2, 0.25) is 0 Å². The summed E-state index contributed by atoms with van der Waals surface area (Å²) >= 11 is 0. The Kier molecular flexibility index (Phi) is 3.23. The van der Waals surface area contributed by atoms with Gasteiger partial charge in [-0.25, -0.2) is 0 Å². The van der Waals surface area contributed by atoms with Crippen molar-refractivity contribution in [2.24, 2.45) is 0 Å². The van der Waals surface area contributed by atoms with E-state index in [4.69, 9.17) is 0 Å². The smallest absolute Gasteiger partial charge is 0.116 e. The Hall–Kier alpha value is -2.54. The van der Waals surface area contributed by atoms with E-state index in [0.717, 1.165) is 12.0 Å². The maximum Gasteiger partial charge on any atom is 0.116 e. The second-order valence-electron chi connectivity index (χ2n) is 6.59. The molecular formula is C22H20O. The molecule has 0 radical (unpaired) electrons. The molecule has 0 aromatic heterocycles. The highest BCUT2D eigenvalue weighted by Crippen LogP contribution is 2.43. The largest absolute Gasteiger partial charge is 0.508 e. The van der Waals surface area contributed by atoms with Gasteiger partial charge in [0.25, 0.3) is 0 Å². The normalized spacial score (nSPS) is 12.3. The SMILES string of the molecule is CC(C)c1ccc(O)cc1-c1cccc2c1Cc1ccccc1-2. The van der Waals surface area contributed by atoms with E-state index in [-0.39, 0.29) is 0 Å². The van der Waals surface area contributed by atoms with Gasteiger partial charge in [-0.1, -0.05) is 62.4 Å². The van der Waals surface area contributed by atoms with Crippen LogP contribution in [0.25, 0.3) is 22.3 Å². The Bertz CT molecular complexity index is 890. The second-order valence-corrected chi connectivity index (χ2v) is 6.59. The zero-order valence-corrected chi connectivity index (χ0v) is 13.5. The molecule has 1 aliphatic carbocycles. The van der Waals surface area contributed by atoms with Crippen LogP contribution in [0.15, 0.2) is 60.7 Å². The molecule has 3 aromatic carbocycles. The van der Waals surface area contributed by atoms with Crippen molar-refractivity contribution in [3.05, 3.63) is 77.4 Å². The average Bonchev–Trinajstić information content (AvgIpc) is 2.93. The van der Waals surface area contributed by atoms with Gasteiger partial charge < -0.3 is 5.11 Å². The fraction of sp³-hybridized carbons (Fsp3) is 0.182. The van der Waals surface area contributed by atoms with E-state index in [1.165, 1.54) is 33.4 Å². The summed E-state index contributed by atoms with van der Waals surface area (Å²) in [6.45, 7) is 4.40. The van der Waals surface area contributed by atoms with E-state index < -0.39 is 0 Å². The number of phenols is 1. The van der Waals surface area contributed by atoms with Crippen LogP contribution in [0, 0.1) is 0 Å². The number of hydrogen-bond acceptors (Lipinski definition) is 1. The zero-order valence-electron chi connectivity index (χ0n) is 13.5. The fourth-order valence-corrected chi connectivity index (χ4v) is 3.69.